The van der Waals surface area contributed by atoms with Crippen molar-refractivity contribution in [2.45, 2.75) is 38.1 Å². The highest BCUT2D eigenvalue weighted by molar-refractivity contribution is 5.88. The number of anilines is 1. The van der Waals surface area contributed by atoms with E-state index in [0.717, 1.165) is 18.9 Å². The fraction of sp³-hybridized carbons (Fsp3) is 0.571. The molecule has 1 aliphatic rings. The van der Waals surface area contributed by atoms with Crippen LogP contribution in [0.5, 0.6) is 0 Å². The van der Waals surface area contributed by atoms with Crippen LogP contribution in [-0.2, 0) is 0 Å². The lowest BCUT2D eigenvalue weighted by atomic mass is 9.77. The molecule has 110 valence electrons. The fourth-order valence-electron chi connectivity index (χ4n) is 2.90. The maximum absolute atomic E-state index is 14.1. The minimum absolute atomic E-state index is 0.104. The molecule has 1 aliphatic carbocycles. The maximum atomic E-state index is 14.1. The molecule has 2 rings (SSSR count). The molecule has 3 N–H and O–H groups in total. The summed E-state index contributed by atoms with van der Waals surface area (Å²) < 4.78 is 14.1. The highest BCUT2D eigenvalue weighted by Crippen LogP contribution is 2.35. The summed E-state index contributed by atoms with van der Waals surface area (Å²) in [5, 5.41) is 21.5. The number of aromatic nitrogens is 1. The number of aliphatic hydroxyl groups excluding tert-OH is 1. The van der Waals surface area contributed by atoms with Gasteiger partial charge in [0.15, 0.2) is 11.6 Å². The number of rotatable bonds is 4. The van der Waals surface area contributed by atoms with Crippen LogP contribution >= 0.6 is 0 Å². The first kappa shape index (κ1) is 14.7. The predicted molar refractivity (Wildman–Crippen MR) is 72.2 cm³/mol. The van der Waals surface area contributed by atoms with E-state index in [1.807, 2.05) is 0 Å². The Morgan fingerprint density at radius 2 is 2.40 bits per heavy atom. The minimum Gasteiger partial charge on any atom is -0.478 e. The molecule has 0 aromatic carbocycles. The van der Waals surface area contributed by atoms with Gasteiger partial charge in [0, 0.05) is 6.20 Å². The number of pyridine rings is 1. The second-order valence-corrected chi connectivity index (χ2v) is 5.59. The number of aromatic carboxylic acids is 1. The van der Waals surface area contributed by atoms with Crippen LogP contribution in [0.1, 0.15) is 43.0 Å². The summed E-state index contributed by atoms with van der Waals surface area (Å²) in [6, 6.07) is 1.12. The molecule has 0 amide bonds. The van der Waals surface area contributed by atoms with E-state index in [2.05, 4.69) is 17.2 Å². The highest BCUT2D eigenvalue weighted by Gasteiger charge is 2.35. The van der Waals surface area contributed by atoms with Crippen LogP contribution < -0.4 is 5.32 Å². The predicted octanol–water partition coefficient (Wildman–Crippen LogP) is 2.27. The van der Waals surface area contributed by atoms with E-state index in [1.165, 1.54) is 6.20 Å². The molecule has 1 aromatic heterocycles. The van der Waals surface area contributed by atoms with Crippen LogP contribution in [-0.4, -0.2) is 33.3 Å². The van der Waals surface area contributed by atoms with Crippen LogP contribution in [0.3, 0.4) is 0 Å². The van der Waals surface area contributed by atoms with Crippen molar-refractivity contribution in [3.05, 3.63) is 23.6 Å². The van der Waals surface area contributed by atoms with Gasteiger partial charge in [-0.25, -0.2) is 14.2 Å². The van der Waals surface area contributed by atoms with Crippen LogP contribution in [0, 0.1) is 11.7 Å². The third-order valence-electron chi connectivity index (χ3n) is 3.90. The van der Waals surface area contributed by atoms with E-state index in [1.54, 1.807) is 0 Å². The Balaban J connectivity index is 2.28. The number of hydrogen-bond acceptors (Lipinski definition) is 4. The van der Waals surface area contributed by atoms with Crippen molar-refractivity contribution < 1.29 is 19.4 Å². The molecule has 1 fully saturated rings. The third kappa shape index (κ3) is 2.90. The van der Waals surface area contributed by atoms with Gasteiger partial charge in [-0.15, -0.1) is 0 Å². The molecule has 1 aromatic rings. The maximum Gasteiger partial charge on any atom is 0.338 e. The van der Waals surface area contributed by atoms with Gasteiger partial charge >= 0.3 is 5.97 Å². The van der Waals surface area contributed by atoms with Crippen molar-refractivity contribution in [2.75, 3.05) is 11.9 Å². The van der Waals surface area contributed by atoms with E-state index >= 15 is 0 Å². The van der Waals surface area contributed by atoms with Gasteiger partial charge in [-0.1, -0.05) is 19.8 Å². The number of carboxylic acid groups (broad SMARTS) is 1. The Bertz CT molecular complexity index is 509. The van der Waals surface area contributed by atoms with Gasteiger partial charge in [-0.3, -0.25) is 0 Å². The molecule has 0 aliphatic heterocycles. The molecule has 0 saturated heterocycles. The summed E-state index contributed by atoms with van der Waals surface area (Å²) in [7, 11) is 0. The number of carbonyl (C=O) groups is 1. The van der Waals surface area contributed by atoms with Gasteiger partial charge in [0.25, 0.3) is 0 Å². The molecule has 1 heterocycles. The summed E-state index contributed by atoms with van der Waals surface area (Å²) in [6.07, 6.45) is 4.70. The molecule has 20 heavy (non-hydrogen) atoms. The van der Waals surface area contributed by atoms with Crippen molar-refractivity contribution >= 4 is 11.8 Å². The molecule has 2 atom stereocenters. The Labute approximate surface area is 116 Å². The summed E-state index contributed by atoms with van der Waals surface area (Å²) in [5.74, 6) is -1.89. The Hall–Kier alpha value is -1.69. The Morgan fingerprint density at radius 1 is 1.65 bits per heavy atom. The Morgan fingerprint density at radius 3 is 3.00 bits per heavy atom. The molecule has 5 nitrogen and oxygen atoms in total. The lowest BCUT2D eigenvalue weighted by Crippen LogP contribution is -2.46. The van der Waals surface area contributed by atoms with E-state index in [0.29, 0.717) is 18.8 Å². The van der Waals surface area contributed by atoms with Crippen molar-refractivity contribution in [1.29, 1.82) is 0 Å². The quantitative estimate of drug-likeness (QED) is 0.789. The highest BCUT2D eigenvalue weighted by atomic mass is 19.1. The van der Waals surface area contributed by atoms with Crippen molar-refractivity contribution in [1.82, 2.24) is 4.98 Å². The van der Waals surface area contributed by atoms with E-state index in [-0.39, 0.29) is 12.4 Å². The lowest BCUT2D eigenvalue weighted by molar-refractivity contribution is 0.0691. The first-order chi connectivity index (χ1) is 9.47. The van der Waals surface area contributed by atoms with Gasteiger partial charge < -0.3 is 15.5 Å². The largest absolute Gasteiger partial charge is 0.478 e. The summed E-state index contributed by atoms with van der Waals surface area (Å²) in [5.41, 5.74) is -1.04. The number of carboxylic acids is 1. The van der Waals surface area contributed by atoms with Crippen molar-refractivity contribution in [3.63, 3.8) is 0 Å². The molecular formula is C14H19FN2O3. The zero-order chi connectivity index (χ0) is 14.8. The summed E-state index contributed by atoms with van der Waals surface area (Å²) >= 11 is 0. The molecule has 6 heteroatoms. The third-order valence-corrected chi connectivity index (χ3v) is 3.90. The van der Waals surface area contributed by atoms with Gasteiger partial charge in [0.2, 0.25) is 0 Å². The van der Waals surface area contributed by atoms with Crippen LogP contribution in [0.4, 0.5) is 10.2 Å². The molecule has 2 unspecified atom stereocenters. The van der Waals surface area contributed by atoms with Gasteiger partial charge in [0.05, 0.1) is 12.1 Å². The monoisotopic (exact) mass is 282 g/mol. The van der Waals surface area contributed by atoms with E-state index in [4.69, 9.17) is 5.11 Å². The molecule has 1 saturated carbocycles. The van der Waals surface area contributed by atoms with E-state index in [9.17, 15) is 14.3 Å². The smallest absolute Gasteiger partial charge is 0.338 e. The number of hydrogen-bond donors (Lipinski definition) is 3. The molecule has 0 radical (unpaired) electrons. The second-order valence-electron chi connectivity index (χ2n) is 5.59. The first-order valence-electron chi connectivity index (χ1n) is 6.74. The summed E-state index contributed by atoms with van der Waals surface area (Å²) in [4.78, 5) is 14.8. The van der Waals surface area contributed by atoms with Gasteiger partial charge in [-0.05, 0) is 24.8 Å². The number of nitrogens with one attached hydrogen (secondary N) is 1. The zero-order valence-corrected chi connectivity index (χ0v) is 11.4. The molecular weight excluding hydrogens is 263 g/mol. The van der Waals surface area contributed by atoms with Gasteiger partial charge in [0.1, 0.15) is 5.56 Å². The van der Waals surface area contributed by atoms with Crippen molar-refractivity contribution in [3.8, 4) is 0 Å². The average molecular weight is 282 g/mol. The first-order valence-corrected chi connectivity index (χ1v) is 6.74. The van der Waals surface area contributed by atoms with Gasteiger partial charge in [-0.2, -0.15) is 0 Å². The number of nitrogens with zero attached hydrogens (tertiary/aromatic N) is 1. The van der Waals surface area contributed by atoms with Crippen LogP contribution in [0.15, 0.2) is 12.3 Å². The van der Waals surface area contributed by atoms with Crippen LogP contribution in [0.2, 0.25) is 0 Å². The standard InChI is InChI=1S/C14H19FN2O3/c1-9-3-2-5-14(7-9,8-18)17-12-11(15)10(13(19)20)4-6-16-12/h4,6,9,18H,2-3,5,7-8H2,1H3,(H,16,17)(H,19,20). The number of aliphatic hydroxyl groups is 1. The minimum atomic E-state index is -1.33. The second kappa shape index (κ2) is 5.75. The average Bonchev–Trinajstić information content (AvgIpc) is 2.41. The van der Waals surface area contributed by atoms with Crippen molar-refractivity contribution in [2.24, 2.45) is 5.92 Å². The molecule has 0 bridgehead atoms. The SMILES string of the molecule is CC1CCCC(CO)(Nc2nccc(C(=O)O)c2F)C1. The topological polar surface area (TPSA) is 82.5 Å². The zero-order valence-electron chi connectivity index (χ0n) is 11.4. The molecule has 0 spiro atoms. The van der Waals surface area contributed by atoms with Crippen LogP contribution in [0.25, 0.3) is 0 Å². The normalized spacial score (nSPS) is 26.2. The number of halogens is 1. The lowest BCUT2D eigenvalue weighted by Gasteiger charge is -2.39. The fourth-order valence-corrected chi connectivity index (χ4v) is 2.90. The summed E-state index contributed by atoms with van der Waals surface area (Å²) in [6.45, 7) is 1.96. The Kier molecular flexibility index (Phi) is 4.23. The van der Waals surface area contributed by atoms with E-state index < -0.39 is 22.9 Å².